The van der Waals surface area contributed by atoms with E-state index in [0.717, 1.165) is 38.4 Å². The van der Waals surface area contributed by atoms with Gasteiger partial charge < -0.3 is 14.8 Å². The summed E-state index contributed by atoms with van der Waals surface area (Å²) in [5.41, 5.74) is 0.321. The summed E-state index contributed by atoms with van der Waals surface area (Å²) in [6.07, 6.45) is 2.24. The molecule has 0 bridgehead atoms. The minimum absolute atomic E-state index is 0.321. The van der Waals surface area contributed by atoms with Crippen LogP contribution in [0.25, 0.3) is 0 Å². The molecule has 0 spiro atoms. The third-order valence-corrected chi connectivity index (χ3v) is 2.71. The van der Waals surface area contributed by atoms with Crippen molar-refractivity contribution in [1.82, 2.24) is 5.32 Å². The second kappa shape index (κ2) is 10.3. The number of rotatable bonds is 11. The first kappa shape index (κ1) is 16.2. The fraction of sp³-hybridized carbons (Fsp3) is 1.00. The first-order chi connectivity index (χ1) is 7.62. The number of hydrogen-bond acceptors (Lipinski definition) is 3. The van der Waals surface area contributed by atoms with Crippen LogP contribution in [0, 0.1) is 5.41 Å². The fourth-order valence-electron chi connectivity index (χ4n) is 1.45. The Morgan fingerprint density at radius 2 is 1.94 bits per heavy atom. The van der Waals surface area contributed by atoms with Crippen LogP contribution in [-0.2, 0) is 9.47 Å². The molecule has 3 nitrogen and oxygen atoms in total. The van der Waals surface area contributed by atoms with Crippen molar-refractivity contribution in [3.8, 4) is 0 Å². The summed E-state index contributed by atoms with van der Waals surface area (Å²) in [4.78, 5) is 0. The van der Waals surface area contributed by atoms with Crippen molar-refractivity contribution in [3.63, 3.8) is 0 Å². The molecule has 0 aliphatic heterocycles. The van der Waals surface area contributed by atoms with E-state index in [1.807, 2.05) is 0 Å². The zero-order valence-corrected chi connectivity index (χ0v) is 11.6. The zero-order chi connectivity index (χ0) is 12.3. The molecule has 0 radical (unpaired) electrons. The molecule has 0 rings (SSSR count). The second-order valence-corrected chi connectivity index (χ2v) is 5.12. The molecule has 1 N–H and O–H groups in total. The lowest BCUT2D eigenvalue weighted by Crippen LogP contribution is -2.32. The van der Waals surface area contributed by atoms with Crippen LogP contribution in [0.1, 0.15) is 26.7 Å². The maximum atomic E-state index is 5.69. The Balaban J connectivity index is 3.29. The van der Waals surface area contributed by atoms with Gasteiger partial charge in [0.25, 0.3) is 0 Å². The molecule has 0 atom stereocenters. The van der Waals surface area contributed by atoms with Crippen molar-refractivity contribution in [2.75, 3.05) is 45.9 Å². The third kappa shape index (κ3) is 10.7. The number of hydrogen-bond donors (Lipinski definition) is 1. The summed E-state index contributed by atoms with van der Waals surface area (Å²) in [7, 11) is 1.68. The molecule has 0 fully saturated rings. The Hall–Kier alpha value is 0.170. The van der Waals surface area contributed by atoms with Crippen LogP contribution in [0.4, 0.5) is 0 Å². The second-order valence-electron chi connectivity index (χ2n) is 4.74. The number of halogens is 1. The molecule has 98 valence electrons. The molecule has 0 heterocycles. The Kier molecular flexibility index (Phi) is 10.4. The maximum Gasteiger partial charge on any atom is 0.0700 e. The highest BCUT2D eigenvalue weighted by Gasteiger charge is 2.16. The highest BCUT2D eigenvalue weighted by molar-refractivity contribution is 6.17. The summed E-state index contributed by atoms with van der Waals surface area (Å²) in [5, 5.41) is 3.40. The molecular formula is C12H26ClNO2. The van der Waals surface area contributed by atoms with Crippen LogP contribution in [-0.4, -0.2) is 45.9 Å². The maximum absolute atomic E-state index is 5.69. The largest absolute Gasteiger partial charge is 0.382 e. The van der Waals surface area contributed by atoms with E-state index in [-0.39, 0.29) is 0 Å². The van der Waals surface area contributed by atoms with Gasteiger partial charge in [-0.05, 0) is 18.3 Å². The van der Waals surface area contributed by atoms with E-state index in [1.165, 1.54) is 0 Å². The van der Waals surface area contributed by atoms with Gasteiger partial charge in [-0.15, -0.1) is 11.6 Å². The van der Waals surface area contributed by atoms with Crippen LogP contribution in [0.3, 0.4) is 0 Å². The summed E-state index contributed by atoms with van der Waals surface area (Å²) >= 11 is 5.69. The first-order valence-corrected chi connectivity index (χ1v) is 6.49. The van der Waals surface area contributed by atoms with Crippen LogP contribution in [0.15, 0.2) is 0 Å². The van der Waals surface area contributed by atoms with Crippen molar-refractivity contribution in [1.29, 1.82) is 0 Å². The van der Waals surface area contributed by atoms with Gasteiger partial charge in [-0.3, -0.25) is 0 Å². The summed E-state index contributed by atoms with van der Waals surface area (Å²) < 4.78 is 10.3. The number of alkyl halides is 1. The van der Waals surface area contributed by atoms with E-state index < -0.39 is 0 Å². The minimum atomic E-state index is 0.321. The van der Waals surface area contributed by atoms with E-state index in [4.69, 9.17) is 21.1 Å². The quantitative estimate of drug-likeness (QED) is 0.452. The Bertz CT molecular complexity index is 154. The van der Waals surface area contributed by atoms with Gasteiger partial charge in [-0.1, -0.05) is 13.8 Å². The van der Waals surface area contributed by atoms with Crippen molar-refractivity contribution in [2.45, 2.75) is 26.7 Å². The van der Waals surface area contributed by atoms with Crippen molar-refractivity contribution >= 4 is 11.6 Å². The lowest BCUT2D eigenvalue weighted by molar-refractivity contribution is 0.0710. The zero-order valence-electron chi connectivity index (χ0n) is 10.9. The summed E-state index contributed by atoms with van der Waals surface area (Å²) in [5.74, 6) is 0.754. The van der Waals surface area contributed by atoms with E-state index in [9.17, 15) is 0 Å². The molecule has 0 saturated carbocycles. The average Bonchev–Trinajstić information content (AvgIpc) is 2.25. The van der Waals surface area contributed by atoms with E-state index in [0.29, 0.717) is 18.6 Å². The first-order valence-electron chi connectivity index (χ1n) is 5.96. The van der Waals surface area contributed by atoms with Gasteiger partial charge in [0.05, 0.1) is 19.8 Å². The van der Waals surface area contributed by atoms with Gasteiger partial charge in [0.1, 0.15) is 0 Å². The van der Waals surface area contributed by atoms with Gasteiger partial charge >= 0.3 is 0 Å². The fourth-order valence-corrected chi connectivity index (χ4v) is 1.58. The Labute approximate surface area is 105 Å². The van der Waals surface area contributed by atoms with Gasteiger partial charge in [-0.2, -0.15) is 0 Å². The van der Waals surface area contributed by atoms with Gasteiger partial charge in [0, 0.05) is 26.1 Å². The summed E-state index contributed by atoms with van der Waals surface area (Å²) in [6.45, 7) is 8.52. The van der Waals surface area contributed by atoms with E-state index >= 15 is 0 Å². The molecule has 0 aliphatic carbocycles. The number of nitrogens with one attached hydrogen (secondary N) is 1. The van der Waals surface area contributed by atoms with E-state index in [2.05, 4.69) is 19.2 Å². The van der Waals surface area contributed by atoms with Crippen molar-refractivity contribution in [2.24, 2.45) is 5.41 Å². The lowest BCUT2D eigenvalue weighted by atomic mass is 9.88. The molecule has 0 saturated heterocycles. The van der Waals surface area contributed by atoms with E-state index in [1.54, 1.807) is 7.11 Å². The highest BCUT2D eigenvalue weighted by Crippen LogP contribution is 2.21. The topological polar surface area (TPSA) is 30.5 Å². The van der Waals surface area contributed by atoms with Crippen LogP contribution >= 0.6 is 11.6 Å². The molecule has 0 amide bonds. The third-order valence-electron chi connectivity index (χ3n) is 2.45. The standard InChI is InChI=1S/C12H26ClNO2/c1-12(2,5-4-6-13)11-14-7-8-16-10-9-15-3/h14H,4-11H2,1-3H3. The predicted octanol–water partition coefficient (Wildman–Crippen LogP) is 2.28. The van der Waals surface area contributed by atoms with Crippen molar-refractivity contribution in [3.05, 3.63) is 0 Å². The lowest BCUT2D eigenvalue weighted by Gasteiger charge is -2.24. The van der Waals surface area contributed by atoms with Gasteiger partial charge in [0.2, 0.25) is 0 Å². The Morgan fingerprint density at radius 3 is 2.56 bits per heavy atom. The monoisotopic (exact) mass is 251 g/mol. The SMILES string of the molecule is COCCOCCNCC(C)(C)CCCCl. The number of methoxy groups -OCH3 is 1. The normalized spacial score (nSPS) is 12.0. The van der Waals surface area contributed by atoms with Gasteiger partial charge in [0.15, 0.2) is 0 Å². The molecule has 16 heavy (non-hydrogen) atoms. The molecule has 0 aromatic rings. The number of ether oxygens (including phenoxy) is 2. The smallest absolute Gasteiger partial charge is 0.0700 e. The van der Waals surface area contributed by atoms with Crippen LogP contribution in [0.5, 0.6) is 0 Å². The van der Waals surface area contributed by atoms with Crippen LogP contribution < -0.4 is 5.32 Å². The molecule has 0 aliphatic rings. The minimum Gasteiger partial charge on any atom is -0.382 e. The average molecular weight is 252 g/mol. The summed E-state index contributed by atoms with van der Waals surface area (Å²) in [6, 6.07) is 0. The highest BCUT2D eigenvalue weighted by atomic mass is 35.5. The van der Waals surface area contributed by atoms with Crippen molar-refractivity contribution < 1.29 is 9.47 Å². The van der Waals surface area contributed by atoms with Gasteiger partial charge in [-0.25, -0.2) is 0 Å². The molecule has 0 unspecified atom stereocenters. The molecular weight excluding hydrogens is 226 g/mol. The molecule has 0 aromatic heterocycles. The van der Waals surface area contributed by atoms with Crippen LogP contribution in [0.2, 0.25) is 0 Å². The molecule has 4 heteroatoms. The Morgan fingerprint density at radius 1 is 1.19 bits per heavy atom. The molecule has 0 aromatic carbocycles. The predicted molar refractivity (Wildman–Crippen MR) is 69.3 cm³/mol.